The number of hydrogen-bond donors (Lipinski definition) is 0. The van der Waals surface area contributed by atoms with Crippen LogP contribution in [0.1, 0.15) is 13.3 Å². The number of carbonyl (C=O) groups is 2. The zero-order valence-corrected chi connectivity index (χ0v) is 12.8. The molecule has 1 fully saturated rings. The number of carbonyl (C=O) groups excluding carboxylic acids is 2. The number of benzene rings is 1. The second kappa shape index (κ2) is 6.44. The number of thioether (sulfide) groups is 1. The van der Waals surface area contributed by atoms with Gasteiger partial charge in [0.05, 0.1) is 15.6 Å². The van der Waals surface area contributed by atoms with Gasteiger partial charge >= 0.3 is 0 Å². The molecule has 1 aromatic carbocycles. The van der Waals surface area contributed by atoms with Gasteiger partial charge in [-0.1, -0.05) is 23.4 Å². The molecule has 2 rings (SSSR count). The van der Waals surface area contributed by atoms with Crippen LogP contribution in [0.4, 0.5) is 11.4 Å². The highest BCUT2D eigenvalue weighted by Gasteiger charge is 2.32. The molecular formula is C13H13ClN2O4S. The molecule has 6 nitrogen and oxygen atoms in total. The molecule has 112 valence electrons. The number of non-ortho nitro benzene ring substituents is 1. The summed E-state index contributed by atoms with van der Waals surface area (Å²) in [5.41, 5.74) is 0.245. The topological polar surface area (TPSA) is 80.5 Å². The Labute approximate surface area is 130 Å². The highest BCUT2D eigenvalue weighted by Crippen LogP contribution is 2.34. The van der Waals surface area contributed by atoms with Crippen molar-refractivity contribution >= 4 is 45.8 Å². The van der Waals surface area contributed by atoms with Crippen molar-refractivity contribution in [1.29, 1.82) is 0 Å². The molecule has 1 saturated heterocycles. The lowest BCUT2D eigenvalue weighted by atomic mass is 10.1. The van der Waals surface area contributed by atoms with Crippen LogP contribution in [-0.4, -0.2) is 28.2 Å². The summed E-state index contributed by atoms with van der Waals surface area (Å²) in [5.74, 6) is 0.470. The predicted molar refractivity (Wildman–Crippen MR) is 81.7 cm³/mol. The minimum absolute atomic E-state index is 0.00859. The lowest BCUT2D eigenvalue weighted by Gasteiger charge is -2.17. The summed E-state index contributed by atoms with van der Waals surface area (Å²) in [4.78, 5) is 34.8. The van der Waals surface area contributed by atoms with Gasteiger partial charge in [0.2, 0.25) is 5.91 Å². The van der Waals surface area contributed by atoms with Crippen LogP contribution in [0.3, 0.4) is 0 Å². The number of halogens is 1. The lowest BCUT2D eigenvalue weighted by molar-refractivity contribution is -0.384. The van der Waals surface area contributed by atoms with Crippen LogP contribution in [-0.2, 0) is 9.59 Å². The van der Waals surface area contributed by atoms with Crippen LogP contribution in [0.15, 0.2) is 18.2 Å². The van der Waals surface area contributed by atoms with Crippen molar-refractivity contribution < 1.29 is 14.5 Å². The van der Waals surface area contributed by atoms with Crippen molar-refractivity contribution in [2.24, 2.45) is 5.92 Å². The molecule has 1 aliphatic heterocycles. The Bertz CT molecular complexity index is 608. The summed E-state index contributed by atoms with van der Waals surface area (Å²) in [7, 11) is 0. The first kappa shape index (κ1) is 15.8. The fourth-order valence-corrected chi connectivity index (χ4v) is 3.10. The molecule has 21 heavy (non-hydrogen) atoms. The highest BCUT2D eigenvalue weighted by molar-refractivity contribution is 8.13. The maximum atomic E-state index is 12.1. The molecule has 1 unspecified atom stereocenters. The van der Waals surface area contributed by atoms with Gasteiger partial charge in [0, 0.05) is 37.8 Å². The van der Waals surface area contributed by atoms with E-state index in [1.807, 2.05) is 0 Å². The van der Waals surface area contributed by atoms with Crippen LogP contribution >= 0.6 is 23.4 Å². The zero-order chi connectivity index (χ0) is 15.6. The number of rotatable bonds is 4. The van der Waals surface area contributed by atoms with Gasteiger partial charge in [0.15, 0.2) is 5.12 Å². The molecular weight excluding hydrogens is 316 g/mol. The first-order valence-corrected chi connectivity index (χ1v) is 7.62. The van der Waals surface area contributed by atoms with Crippen molar-refractivity contribution in [3.8, 4) is 0 Å². The average Bonchev–Trinajstić information content (AvgIpc) is 2.78. The molecule has 0 radical (unpaired) electrons. The van der Waals surface area contributed by atoms with Crippen molar-refractivity contribution in [3.05, 3.63) is 33.3 Å². The van der Waals surface area contributed by atoms with Gasteiger partial charge in [0.25, 0.3) is 5.69 Å². The number of nitrogens with zero attached hydrogens (tertiary/aromatic N) is 2. The van der Waals surface area contributed by atoms with Gasteiger partial charge in [0.1, 0.15) is 0 Å². The summed E-state index contributed by atoms with van der Waals surface area (Å²) in [6, 6.07) is 4.02. The number of amides is 1. The van der Waals surface area contributed by atoms with Crippen molar-refractivity contribution in [2.45, 2.75) is 13.3 Å². The molecule has 0 bridgehead atoms. The number of nitro groups is 1. The van der Waals surface area contributed by atoms with E-state index in [1.54, 1.807) is 0 Å². The summed E-state index contributed by atoms with van der Waals surface area (Å²) >= 11 is 7.23. The van der Waals surface area contributed by atoms with Gasteiger partial charge in [-0.3, -0.25) is 19.7 Å². The van der Waals surface area contributed by atoms with Crippen LogP contribution in [0.2, 0.25) is 5.02 Å². The van der Waals surface area contributed by atoms with E-state index in [0.29, 0.717) is 29.4 Å². The normalized spacial score (nSPS) is 18.1. The van der Waals surface area contributed by atoms with Crippen molar-refractivity contribution in [2.75, 3.05) is 17.2 Å². The molecule has 1 atom stereocenters. The van der Waals surface area contributed by atoms with E-state index in [-0.39, 0.29) is 22.6 Å². The highest BCUT2D eigenvalue weighted by atomic mass is 35.5. The SMILES string of the molecule is CC(=O)SCC1CC(=O)N(c2cc([N+](=O)[O-])ccc2Cl)C1. The molecule has 0 saturated carbocycles. The first-order valence-electron chi connectivity index (χ1n) is 6.26. The third-order valence-corrected chi connectivity index (χ3v) is 4.52. The van der Waals surface area contributed by atoms with Gasteiger partial charge in [-0.15, -0.1) is 0 Å². The number of hydrogen-bond acceptors (Lipinski definition) is 5. The Morgan fingerprint density at radius 2 is 2.29 bits per heavy atom. The predicted octanol–water partition coefficient (Wildman–Crippen LogP) is 2.88. The zero-order valence-electron chi connectivity index (χ0n) is 11.2. The van der Waals surface area contributed by atoms with E-state index in [4.69, 9.17) is 11.6 Å². The fourth-order valence-electron chi connectivity index (χ4n) is 2.18. The molecule has 1 amide bonds. The quantitative estimate of drug-likeness (QED) is 0.627. The Balaban J connectivity index is 2.18. The minimum Gasteiger partial charge on any atom is -0.310 e. The molecule has 0 aliphatic carbocycles. The van der Waals surface area contributed by atoms with E-state index in [0.717, 1.165) is 0 Å². The molecule has 0 N–H and O–H groups in total. The van der Waals surface area contributed by atoms with Crippen molar-refractivity contribution in [1.82, 2.24) is 0 Å². The largest absolute Gasteiger partial charge is 0.310 e. The average molecular weight is 329 g/mol. The molecule has 1 aromatic rings. The van der Waals surface area contributed by atoms with Crippen LogP contribution in [0, 0.1) is 16.0 Å². The van der Waals surface area contributed by atoms with E-state index in [2.05, 4.69) is 0 Å². The Morgan fingerprint density at radius 3 is 2.90 bits per heavy atom. The fraction of sp³-hybridized carbons (Fsp3) is 0.385. The maximum Gasteiger partial charge on any atom is 0.271 e. The van der Waals surface area contributed by atoms with Crippen LogP contribution in [0.25, 0.3) is 0 Å². The third kappa shape index (κ3) is 3.74. The molecule has 0 aromatic heterocycles. The molecule has 0 spiro atoms. The lowest BCUT2D eigenvalue weighted by Crippen LogP contribution is -2.25. The van der Waals surface area contributed by atoms with E-state index in [9.17, 15) is 19.7 Å². The summed E-state index contributed by atoms with van der Waals surface area (Å²) in [6.07, 6.45) is 0.319. The number of anilines is 1. The number of nitro benzene ring substituents is 1. The van der Waals surface area contributed by atoms with Gasteiger partial charge < -0.3 is 4.90 Å². The Hall–Kier alpha value is -1.60. The molecule has 1 aliphatic rings. The Kier molecular flexibility index (Phi) is 4.84. The van der Waals surface area contributed by atoms with Gasteiger partial charge in [-0.2, -0.15) is 0 Å². The van der Waals surface area contributed by atoms with Crippen LogP contribution in [0.5, 0.6) is 0 Å². The maximum absolute atomic E-state index is 12.1. The molecule has 1 heterocycles. The Morgan fingerprint density at radius 1 is 1.57 bits per heavy atom. The second-order valence-electron chi connectivity index (χ2n) is 4.77. The van der Waals surface area contributed by atoms with Crippen LogP contribution < -0.4 is 4.90 Å². The standard InChI is InChI=1S/C13H13ClN2O4S/c1-8(17)21-7-9-4-13(18)15(6-9)12-5-10(16(19)20)2-3-11(12)14/h2-3,5,9H,4,6-7H2,1H3. The second-order valence-corrected chi connectivity index (χ2v) is 6.37. The van der Waals surface area contributed by atoms with E-state index < -0.39 is 4.92 Å². The first-order chi connectivity index (χ1) is 9.88. The van der Waals surface area contributed by atoms with Gasteiger partial charge in [-0.25, -0.2) is 0 Å². The summed E-state index contributed by atoms with van der Waals surface area (Å²) in [6.45, 7) is 1.90. The van der Waals surface area contributed by atoms with E-state index >= 15 is 0 Å². The minimum atomic E-state index is -0.524. The van der Waals surface area contributed by atoms with Gasteiger partial charge in [-0.05, 0) is 12.0 Å². The third-order valence-electron chi connectivity index (χ3n) is 3.16. The van der Waals surface area contributed by atoms with E-state index in [1.165, 1.54) is 41.8 Å². The summed E-state index contributed by atoms with van der Waals surface area (Å²) in [5, 5.41) is 11.1. The smallest absolute Gasteiger partial charge is 0.271 e. The van der Waals surface area contributed by atoms with Crippen molar-refractivity contribution in [3.63, 3.8) is 0 Å². The summed E-state index contributed by atoms with van der Waals surface area (Å²) < 4.78 is 0. The monoisotopic (exact) mass is 328 g/mol. The molecule has 8 heteroatoms.